The molecule has 2 atom stereocenters. The van der Waals surface area contributed by atoms with Crippen LogP contribution in [0.2, 0.25) is 0 Å². The highest BCUT2D eigenvalue weighted by molar-refractivity contribution is 5.93. The smallest absolute Gasteiger partial charge is 0.311 e. The molecule has 1 aliphatic heterocycles. The molecular weight excluding hydrogens is 262 g/mol. The highest BCUT2D eigenvalue weighted by atomic mass is 16.5. The summed E-state index contributed by atoms with van der Waals surface area (Å²) in [7, 11) is 1.74. The Morgan fingerprint density at radius 1 is 1.45 bits per heavy atom. The van der Waals surface area contributed by atoms with Crippen LogP contribution in [-0.4, -0.2) is 48.3 Å². The van der Waals surface area contributed by atoms with E-state index in [-0.39, 0.29) is 12.6 Å². The number of amides is 1. The first-order valence-electron chi connectivity index (χ1n) is 6.22. The van der Waals surface area contributed by atoms with Crippen LogP contribution in [0.25, 0.3) is 0 Å². The predicted octanol–water partition coefficient (Wildman–Crippen LogP) is 0.0247. The molecule has 2 rings (SSSR count). The van der Waals surface area contributed by atoms with Gasteiger partial charge in [-0.25, -0.2) is 4.98 Å². The number of aromatic nitrogens is 1. The minimum atomic E-state index is -0.901. The Morgan fingerprint density at radius 3 is 2.75 bits per heavy atom. The van der Waals surface area contributed by atoms with E-state index in [0.29, 0.717) is 23.7 Å². The average molecular weight is 279 g/mol. The molecule has 3 N–H and O–H groups in total. The van der Waals surface area contributed by atoms with Gasteiger partial charge in [0.05, 0.1) is 19.3 Å². The number of aliphatic carboxylic acids is 1. The van der Waals surface area contributed by atoms with Crippen molar-refractivity contribution in [3.05, 3.63) is 23.4 Å². The van der Waals surface area contributed by atoms with Crippen LogP contribution in [0, 0.1) is 12.8 Å². The summed E-state index contributed by atoms with van der Waals surface area (Å²) >= 11 is 0. The van der Waals surface area contributed by atoms with Gasteiger partial charge in [-0.1, -0.05) is 0 Å². The Bertz CT molecular complexity index is 546. The number of carbonyl (C=O) groups is 2. The predicted molar refractivity (Wildman–Crippen MR) is 71.6 cm³/mol. The zero-order valence-corrected chi connectivity index (χ0v) is 11.4. The maximum atomic E-state index is 11.3. The minimum Gasteiger partial charge on any atom is -0.481 e. The lowest BCUT2D eigenvalue weighted by Gasteiger charge is -2.27. The number of carboxylic acid groups (broad SMARTS) is 1. The molecule has 7 heteroatoms. The van der Waals surface area contributed by atoms with Crippen LogP contribution < -0.4 is 10.6 Å². The van der Waals surface area contributed by atoms with Crippen LogP contribution in [0.15, 0.2) is 12.1 Å². The van der Waals surface area contributed by atoms with Crippen molar-refractivity contribution in [1.29, 1.82) is 0 Å². The van der Waals surface area contributed by atoms with Crippen LogP contribution in [0.3, 0.4) is 0 Å². The van der Waals surface area contributed by atoms with Crippen LogP contribution in [0.5, 0.6) is 0 Å². The van der Waals surface area contributed by atoms with E-state index in [1.165, 1.54) is 0 Å². The molecule has 1 aromatic rings. The van der Waals surface area contributed by atoms with Crippen molar-refractivity contribution in [1.82, 2.24) is 4.98 Å². The normalized spacial score (nSPS) is 21.7. The summed E-state index contributed by atoms with van der Waals surface area (Å²) in [5.41, 5.74) is 6.28. The first kappa shape index (κ1) is 14.3. The zero-order valence-electron chi connectivity index (χ0n) is 11.4. The summed E-state index contributed by atoms with van der Waals surface area (Å²) in [6.45, 7) is 2.25. The van der Waals surface area contributed by atoms with Gasteiger partial charge in [-0.15, -0.1) is 0 Å². The van der Waals surface area contributed by atoms with Gasteiger partial charge >= 0.3 is 5.97 Å². The highest BCUT2D eigenvalue weighted by Crippen LogP contribution is 2.24. The Labute approximate surface area is 116 Å². The number of carboxylic acids is 1. The molecule has 7 nitrogen and oxygen atoms in total. The second-order valence-electron chi connectivity index (χ2n) is 4.88. The molecule has 0 saturated carbocycles. The molecule has 2 unspecified atom stereocenters. The number of hydrogen-bond donors (Lipinski definition) is 2. The summed E-state index contributed by atoms with van der Waals surface area (Å²) in [4.78, 5) is 28.5. The van der Waals surface area contributed by atoms with E-state index in [9.17, 15) is 14.7 Å². The molecule has 108 valence electrons. The summed E-state index contributed by atoms with van der Waals surface area (Å²) < 4.78 is 5.24. The quantitative estimate of drug-likeness (QED) is 0.805. The van der Waals surface area contributed by atoms with Crippen molar-refractivity contribution in [2.45, 2.75) is 13.0 Å². The maximum Gasteiger partial charge on any atom is 0.311 e. The first-order chi connectivity index (χ1) is 9.40. The molecule has 0 bridgehead atoms. The second-order valence-corrected chi connectivity index (χ2v) is 4.88. The molecule has 1 saturated heterocycles. The first-order valence-corrected chi connectivity index (χ1v) is 6.22. The van der Waals surface area contributed by atoms with Gasteiger partial charge in [0, 0.05) is 18.3 Å². The summed E-state index contributed by atoms with van der Waals surface area (Å²) in [6.07, 6.45) is 0. The summed E-state index contributed by atoms with van der Waals surface area (Å²) in [5, 5.41) is 9.18. The van der Waals surface area contributed by atoms with Gasteiger partial charge in [-0.2, -0.15) is 0 Å². The van der Waals surface area contributed by atoms with E-state index in [2.05, 4.69) is 4.98 Å². The number of rotatable bonds is 4. The highest BCUT2D eigenvalue weighted by Gasteiger charge is 2.37. The second kappa shape index (κ2) is 5.46. The van der Waals surface area contributed by atoms with Crippen molar-refractivity contribution in [3.63, 3.8) is 0 Å². The van der Waals surface area contributed by atoms with Crippen LogP contribution in [0.4, 0.5) is 5.82 Å². The number of primary amides is 1. The fourth-order valence-corrected chi connectivity index (χ4v) is 2.30. The summed E-state index contributed by atoms with van der Waals surface area (Å²) in [6, 6.07) is 2.84. The SMILES string of the molecule is Cc1cc(C(N)=O)cc(N(C)C2COCC2C(=O)O)n1. The molecule has 0 aliphatic carbocycles. The van der Waals surface area contributed by atoms with Crippen molar-refractivity contribution in [2.75, 3.05) is 25.2 Å². The van der Waals surface area contributed by atoms with E-state index in [4.69, 9.17) is 10.5 Å². The van der Waals surface area contributed by atoms with Crippen molar-refractivity contribution < 1.29 is 19.4 Å². The number of hydrogen-bond acceptors (Lipinski definition) is 5. The molecule has 1 aromatic heterocycles. The van der Waals surface area contributed by atoms with Crippen LogP contribution in [-0.2, 0) is 9.53 Å². The third-order valence-corrected chi connectivity index (χ3v) is 3.45. The molecular formula is C13H17N3O4. The third-order valence-electron chi connectivity index (χ3n) is 3.45. The van der Waals surface area contributed by atoms with Gasteiger partial charge in [-0.05, 0) is 19.1 Å². The van der Waals surface area contributed by atoms with Gasteiger partial charge in [0.2, 0.25) is 5.91 Å². The number of aryl methyl sites for hydroxylation is 1. The zero-order chi connectivity index (χ0) is 14.9. The largest absolute Gasteiger partial charge is 0.481 e. The number of carbonyl (C=O) groups excluding carboxylic acids is 1. The number of ether oxygens (including phenoxy) is 1. The fraction of sp³-hybridized carbons (Fsp3) is 0.462. The van der Waals surface area contributed by atoms with E-state index in [1.54, 1.807) is 31.0 Å². The van der Waals surface area contributed by atoms with Gasteiger partial charge in [0.25, 0.3) is 0 Å². The van der Waals surface area contributed by atoms with E-state index < -0.39 is 17.8 Å². The molecule has 20 heavy (non-hydrogen) atoms. The van der Waals surface area contributed by atoms with E-state index >= 15 is 0 Å². The lowest BCUT2D eigenvalue weighted by Crippen LogP contribution is -2.41. The average Bonchev–Trinajstić information content (AvgIpc) is 2.86. The van der Waals surface area contributed by atoms with Crippen molar-refractivity contribution in [2.24, 2.45) is 11.7 Å². The lowest BCUT2D eigenvalue weighted by atomic mass is 10.0. The Kier molecular flexibility index (Phi) is 3.89. The summed E-state index contributed by atoms with van der Waals surface area (Å²) in [5.74, 6) is -1.54. The number of pyridine rings is 1. The van der Waals surface area contributed by atoms with Crippen molar-refractivity contribution >= 4 is 17.7 Å². The fourth-order valence-electron chi connectivity index (χ4n) is 2.30. The Balaban J connectivity index is 2.31. The molecule has 0 aromatic carbocycles. The van der Waals surface area contributed by atoms with Gasteiger partial charge in [0.15, 0.2) is 0 Å². The number of likely N-dealkylation sites (N-methyl/N-ethyl adjacent to an activating group) is 1. The number of nitrogens with zero attached hydrogens (tertiary/aromatic N) is 2. The Morgan fingerprint density at radius 2 is 2.15 bits per heavy atom. The standard InChI is InChI=1S/C13H17N3O4/c1-7-3-8(12(14)17)4-11(15-7)16(2)10-6-20-5-9(10)13(18)19/h3-4,9-10H,5-6H2,1-2H3,(H2,14,17)(H,18,19). The molecule has 2 heterocycles. The number of anilines is 1. The van der Waals surface area contributed by atoms with E-state index in [1.807, 2.05) is 0 Å². The van der Waals surface area contributed by atoms with Gasteiger partial charge in [-0.3, -0.25) is 9.59 Å². The molecule has 1 amide bonds. The van der Waals surface area contributed by atoms with Gasteiger partial charge in [0.1, 0.15) is 11.7 Å². The molecule has 1 fully saturated rings. The lowest BCUT2D eigenvalue weighted by molar-refractivity contribution is -0.141. The van der Waals surface area contributed by atoms with Crippen molar-refractivity contribution in [3.8, 4) is 0 Å². The number of nitrogens with two attached hydrogens (primary N) is 1. The molecule has 1 aliphatic rings. The van der Waals surface area contributed by atoms with Crippen LogP contribution in [0.1, 0.15) is 16.1 Å². The van der Waals surface area contributed by atoms with E-state index in [0.717, 1.165) is 0 Å². The maximum absolute atomic E-state index is 11.3. The molecule has 0 radical (unpaired) electrons. The minimum absolute atomic E-state index is 0.179. The topological polar surface area (TPSA) is 106 Å². The monoisotopic (exact) mass is 279 g/mol. The molecule has 0 spiro atoms. The third kappa shape index (κ3) is 2.72. The van der Waals surface area contributed by atoms with Crippen LogP contribution >= 0.6 is 0 Å². The Hall–Kier alpha value is -2.15. The van der Waals surface area contributed by atoms with Gasteiger partial charge < -0.3 is 20.5 Å².